The molecule has 2 unspecified atom stereocenters. The molecule has 0 spiro atoms. The summed E-state index contributed by atoms with van der Waals surface area (Å²) in [5.74, 6) is 0.229. The molecule has 0 radical (unpaired) electrons. The lowest BCUT2D eigenvalue weighted by Gasteiger charge is -2.24. The Labute approximate surface area is 118 Å². The van der Waals surface area contributed by atoms with Crippen LogP contribution in [-0.2, 0) is 4.79 Å². The van der Waals surface area contributed by atoms with Crippen molar-refractivity contribution in [3.8, 4) is 0 Å². The fourth-order valence-corrected chi connectivity index (χ4v) is 2.56. The number of rotatable bonds is 7. The van der Waals surface area contributed by atoms with Gasteiger partial charge in [0, 0.05) is 13.0 Å². The van der Waals surface area contributed by atoms with Crippen molar-refractivity contribution in [2.75, 3.05) is 6.54 Å². The molecule has 118 valence electrons. The highest BCUT2D eigenvalue weighted by atomic mass is 19.4. The van der Waals surface area contributed by atoms with E-state index in [4.69, 9.17) is 0 Å². The number of hydrogen-bond donors (Lipinski definition) is 1. The van der Waals surface area contributed by atoms with Crippen molar-refractivity contribution in [1.29, 1.82) is 0 Å². The first-order chi connectivity index (χ1) is 9.26. The lowest BCUT2D eigenvalue weighted by atomic mass is 10.0. The van der Waals surface area contributed by atoms with E-state index in [9.17, 15) is 18.0 Å². The quantitative estimate of drug-likeness (QED) is 0.731. The number of unbranched alkanes of at least 4 members (excludes halogenated alkanes) is 1. The molecule has 2 atom stereocenters. The fourth-order valence-electron chi connectivity index (χ4n) is 2.56. The van der Waals surface area contributed by atoms with Crippen LogP contribution in [0.1, 0.15) is 52.9 Å². The van der Waals surface area contributed by atoms with E-state index in [1.165, 1.54) is 0 Å². The largest absolute Gasteiger partial charge is 0.389 e. The normalized spacial score (nSPS) is 23.9. The van der Waals surface area contributed by atoms with Gasteiger partial charge in [-0.25, -0.2) is 0 Å². The molecule has 0 aromatic heterocycles. The van der Waals surface area contributed by atoms with E-state index in [2.05, 4.69) is 5.32 Å². The number of amides is 1. The molecule has 0 saturated carbocycles. The SMILES string of the molecule is CCCC1NC(C(C)C)C(=O)N1CCCCC(F)(F)F. The third-order valence-corrected chi connectivity index (χ3v) is 3.64. The van der Waals surface area contributed by atoms with Crippen LogP contribution >= 0.6 is 0 Å². The minimum atomic E-state index is -4.10. The van der Waals surface area contributed by atoms with E-state index in [1.54, 1.807) is 4.90 Å². The maximum Gasteiger partial charge on any atom is 0.389 e. The minimum absolute atomic E-state index is 0.0224. The standard InChI is InChI=1S/C14H25F3N2O/c1-4-7-11-18-12(10(2)3)13(20)19(11)9-6-5-8-14(15,16)17/h10-12,18H,4-9H2,1-3H3. The van der Waals surface area contributed by atoms with E-state index in [1.807, 2.05) is 20.8 Å². The maximum atomic E-state index is 12.3. The Bertz CT molecular complexity index is 318. The van der Waals surface area contributed by atoms with Gasteiger partial charge in [-0.1, -0.05) is 27.2 Å². The molecule has 1 rings (SSSR count). The van der Waals surface area contributed by atoms with Gasteiger partial charge >= 0.3 is 6.18 Å². The van der Waals surface area contributed by atoms with Crippen LogP contribution in [0.25, 0.3) is 0 Å². The Hall–Kier alpha value is -0.780. The van der Waals surface area contributed by atoms with E-state index >= 15 is 0 Å². The summed E-state index contributed by atoms with van der Waals surface area (Å²) in [6.07, 6.45) is -2.63. The van der Waals surface area contributed by atoms with Gasteiger partial charge in [-0.3, -0.25) is 10.1 Å². The Balaban J connectivity index is 2.49. The van der Waals surface area contributed by atoms with Crippen LogP contribution in [0.4, 0.5) is 13.2 Å². The van der Waals surface area contributed by atoms with Crippen LogP contribution in [0.3, 0.4) is 0 Å². The number of halogens is 3. The van der Waals surface area contributed by atoms with Gasteiger partial charge in [0.25, 0.3) is 0 Å². The molecule has 0 aliphatic carbocycles. The van der Waals surface area contributed by atoms with Gasteiger partial charge in [-0.2, -0.15) is 13.2 Å². The van der Waals surface area contributed by atoms with Gasteiger partial charge in [-0.15, -0.1) is 0 Å². The van der Waals surface area contributed by atoms with Crippen LogP contribution in [0.2, 0.25) is 0 Å². The molecule has 0 aromatic rings. The minimum Gasteiger partial charge on any atom is -0.326 e. The molecular weight excluding hydrogens is 269 g/mol. The first-order valence-electron chi connectivity index (χ1n) is 7.39. The van der Waals surface area contributed by atoms with Gasteiger partial charge in [0.1, 0.15) is 0 Å². The first kappa shape index (κ1) is 17.3. The average Bonchev–Trinajstić information content (AvgIpc) is 2.62. The number of hydrogen-bond acceptors (Lipinski definition) is 2. The van der Waals surface area contributed by atoms with Crippen molar-refractivity contribution >= 4 is 5.91 Å². The lowest BCUT2D eigenvalue weighted by molar-refractivity contribution is -0.136. The van der Waals surface area contributed by atoms with Gasteiger partial charge in [0.05, 0.1) is 12.2 Å². The van der Waals surface area contributed by atoms with Crippen LogP contribution in [0, 0.1) is 5.92 Å². The molecule has 1 N–H and O–H groups in total. The lowest BCUT2D eigenvalue weighted by Crippen LogP contribution is -2.38. The zero-order valence-corrected chi connectivity index (χ0v) is 12.5. The molecular formula is C14H25F3N2O. The predicted molar refractivity (Wildman–Crippen MR) is 72.1 cm³/mol. The summed E-state index contributed by atoms with van der Waals surface area (Å²) in [4.78, 5) is 14.0. The zero-order chi connectivity index (χ0) is 15.3. The van der Waals surface area contributed by atoms with Crippen LogP contribution < -0.4 is 5.32 Å². The molecule has 1 fully saturated rings. The first-order valence-corrected chi connectivity index (χ1v) is 7.39. The Morgan fingerprint density at radius 3 is 2.45 bits per heavy atom. The molecule has 6 heteroatoms. The van der Waals surface area contributed by atoms with Gasteiger partial charge in [0.15, 0.2) is 0 Å². The molecule has 0 aromatic carbocycles. The van der Waals surface area contributed by atoms with Crippen molar-refractivity contribution in [3.05, 3.63) is 0 Å². The number of alkyl halides is 3. The van der Waals surface area contributed by atoms with E-state index in [0.29, 0.717) is 13.0 Å². The van der Waals surface area contributed by atoms with Crippen molar-refractivity contribution < 1.29 is 18.0 Å². The molecule has 1 heterocycles. The van der Waals surface area contributed by atoms with Crippen molar-refractivity contribution in [2.45, 2.75) is 71.3 Å². The summed E-state index contributed by atoms with van der Waals surface area (Å²) in [5, 5.41) is 3.30. The summed E-state index contributed by atoms with van der Waals surface area (Å²) in [5.41, 5.74) is 0. The summed E-state index contributed by atoms with van der Waals surface area (Å²) in [6, 6.07) is -0.200. The van der Waals surface area contributed by atoms with Crippen LogP contribution in [0.15, 0.2) is 0 Å². The summed E-state index contributed by atoms with van der Waals surface area (Å²) >= 11 is 0. The molecule has 1 saturated heterocycles. The molecule has 1 aliphatic rings. The molecule has 3 nitrogen and oxygen atoms in total. The van der Waals surface area contributed by atoms with E-state index < -0.39 is 12.6 Å². The molecule has 1 aliphatic heterocycles. The number of nitrogens with one attached hydrogen (secondary N) is 1. The Kier molecular flexibility index (Phi) is 6.30. The van der Waals surface area contributed by atoms with Crippen molar-refractivity contribution in [2.24, 2.45) is 5.92 Å². The average molecular weight is 294 g/mol. The zero-order valence-electron chi connectivity index (χ0n) is 12.5. The summed E-state index contributed by atoms with van der Waals surface area (Å²) < 4.78 is 36.3. The third-order valence-electron chi connectivity index (χ3n) is 3.64. The van der Waals surface area contributed by atoms with Crippen LogP contribution in [0.5, 0.6) is 0 Å². The Morgan fingerprint density at radius 2 is 1.95 bits per heavy atom. The molecule has 1 amide bonds. The Morgan fingerprint density at radius 1 is 1.30 bits per heavy atom. The molecule has 0 bridgehead atoms. The summed E-state index contributed by atoms with van der Waals surface area (Å²) in [6.45, 7) is 6.41. The highest BCUT2D eigenvalue weighted by Gasteiger charge is 2.39. The third kappa shape index (κ3) is 4.96. The second-order valence-corrected chi connectivity index (χ2v) is 5.80. The number of carbonyl (C=O) groups is 1. The second-order valence-electron chi connectivity index (χ2n) is 5.80. The van der Waals surface area contributed by atoms with Crippen LogP contribution in [-0.4, -0.2) is 35.7 Å². The highest BCUT2D eigenvalue weighted by Crippen LogP contribution is 2.24. The fraction of sp³-hybridized carbons (Fsp3) is 0.929. The monoisotopic (exact) mass is 294 g/mol. The number of carbonyl (C=O) groups excluding carboxylic acids is 1. The molecule has 20 heavy (non-hydrogen) atoms. The predicted octanol–water partition coefficient (Wildman–Crippen LogP) is 3.30. The van der Waals surface area contributed by atoms with Gasteiger partial charge in [0.2, 0.25) is 5.91 Å². The topological polar surface area (TPSA) is 32.3 Å². The second kappa shape index (κ2) is 7.29. The van der Waals surface area contributed by atoms with E-state index in [-0.39, 0.29) is 30.5 Å². The van der Waals surface area contributed by atoms with Crippen molar-refractivity contribution in [3.63, 3.8) is 0 Å². The smallest absolute Gasteiger partial charge is 0.326 e. The van der Waals surface area contributed by atoms with E-state index in [0.717, 1.165) is 12.8 Å². The van der Waals surface area contributed by atoms with Crippen molar-refractivity contribution in [1.82, 2.24) is 10.2 Å². The van der Waals surface area contributed by atoms with Gasteiger partial charge in [-0.05, 0) is 25.2 Å². The highest BCUT2D eigenvalue weighted by molar-refractivity contribution is 5.84. The van der Waals surface area contributed by atoms with Gasteiger partial charge < -0.3 is 4.90 Å². The maximum absolute atomic E-state index is 12.3. The summed E-state index contributed by atoms with van der Waals surface area (Å²) in [7, 11) is 0. The number of nitrogens with zero attached hydrogens (tertiary/aromatic N) is 1.